The van der Waals surface area contributed by atoms with E-state index in [-0.39, 0.29) is 5.56 Å². The van der Waals surface area contributed by atoms with E-state index in [1.165, 1.54) is 29.0 Å². The summed E-state index contributed by atoms with van der Waals surface area (Å²) in [6.07, 6.45) is 2.65. The van der Waals surface area contributed by atoms with Gasteiger partial charge in [0.15, 0.2) is 5.78 Å². The second-order valence-corrected chi connectivity index (χ2v) is 6.38. The Morgan fingerprint density at radius 2 is 1.54 bits per heavy atom. The van der Waals surface area contributed by atoms with Crippen molar-refractivity contribution in [2.24, 2.45) is 0 Å². The smallest absolute Gasteiger partial charge is 0.289 e. The molecule has 0 aliphatic heterocycles. The number of halogens is 3. The van der Waals surface area contributed by atoms with Gasteiger partial charge in [-0.25, -0.2) is 0 Å². The number of hydrogen-bond donors (Lipinski definition) is 1. The number of hydrogen-bond acceptors (Lipinski definition) is 3. The second kappa shape index (κ2) is 6.88. The number of ketones is 1. The summed E-state index contributed by atoms with van der Waals surface area (Å²) in [5, 5.41) is 0. The third-order valence-corrected chi connectivity index (χ3v) is 4.07. The van der Waals surface area contributed by atoms with Crippen molar-refractivity contribution in [3.8, 4) is 0 Å². The number of sulfonamides is 1. The number of benzene rings is 2. The van der Waals surface area contributed by atoms with Crippen molar-refractivity contribution in [3.63, 3.8) is 0 Å². The molecule has 0 atom stereocenters. The lowest BCUT2D eigenvalue weighted by atomic mass is 10.1. The third kappa shape index (κ3) is 4.23. The van der Waals surface area contributed by atoms with Crippen LogP contribution in [0.5, 0.6) is 0 Å². The standard InChI is InChI=1S/C16H12F3NO3S/c17-16(18,19)24(22,23)20-14-9-5-4-8-13(14)15(21)11-10-12-6-2-1-3-7-12/h1-11,20H/b11-10+. The molecule has 2 rings (SSSR count). The normalized spacial score (nSPS) is 12.3. The highest BCUT2D eigenvalue weighted by molar-refractivity contribution is 7.93. The number of anilines is 1. The first-order chi connectivity index (χ1) is 11.2. The lowest BCUT2D eigenvalue weighted by molar-refractivity contribution is -0.0429. The van der Waals surface area contributed by atoms with Crippen molar-refractivity contribution in [3.05, 3.63) is 71.8 Å². The number of para-hydroxylation sites is 1. The largest absolute Gasteiger partial charge is 0.516 e. The minimum absolute atomic E-state index is 0.183. The summed E-state index contributed by atoms with van der Waals surface area (Å²) in [5.74, 6) is -0.626. The highest BCUT2D eigenvalue weighted by Gasteiger charge is 2.46. The van der Waals surface area contributed by atoms with Gasteiger partial charge in [0.25, 0.3) is 0 Å². The van der Waals surface area contributed by atoms with Crippen molar-refractivity contribution >= 4 is 27.6 Å². The molecule has 0 radical (unpaired) electrons. The molecule has 4 nitrogen and oxygen atoms in total. The lowest BCUT2D eigenvalue weighted by Crippen LogP contribution is -2.30. The van der Waals surface area contributed by atoms with Crippen LogP contribution >= 0.6 is 0 Å². The van der Waals surface area contributed by atoms with Crippen molar-refractivity contribution < 1.29 is 26.4 Å². The minimum Gasteiger partial charge on any atom is -0.289 e. The Balaban J connectivity index is 2.29. The number of carbonyl (C=O) groups is 1. The predicted octanol–water partition coefficient (Wildman–Crippen LogP) is 3.84. The van der Waals surface area contributed by atoms with Gasteiger partial charge in [0.05, 0.1) is 5.69 Å². The molecule has 0 aromatic heterocycles. The van der Waals surface area contributed by atoms with Gasteiger partial charge in [-0.05, 0) is 23.8 Å². The van der Waals surface area contributed by atoms with E-state index in [1.807, 2.05) is 0 Å². The highest BCUT2D eigenvalue weighted by Crippen LogP contribution is 2.27. The van der Waals surface area contributed by atoms with Gasteiger partial charge in [0.1, 0.15) is 0 Å². The number of carbonyl (C=O) groups excluding carboxylic acids is 1. The van der Waals surface area contributed by atoms with Crippen LogP contribution in [0.2, 0.25) is 0 Å². The maximum Gasteiger partial charge on any atom is 0.516 e. The van der Waals surface area contributed by atoms with Gasteiger partial charge in [0, 0.05) is 5.56 Å². The summed E-state index contributed by atoms with van der Waals surface area (Å²) >= 11 is 0. The SMILES string of the molecule is O=C(/C=C/c1ccccc1)c1ccccc1NS(=O)(=O)C(F)(F)F. The quantitative estimate of drug-likeness (QED) is 0.655. The van der Waals surface area contributed by atoms with Gasteiger partial charge in [-0.3, -0.25) is 9.52 Å². The lowest BCUT2D eigenvalue weighted by Gasteiger charge is -2.12. The molecule has 0 unspecified atom stereocenters. The second-order valence-electron chi connectivity index (χ2n) is 4.71. The summed E-state index contributed by atoms with van der Waals surface area (Å²) in [5.41, 5.74) is -5.36. The molecular weight excluding hydrogens is 343 g/mol. The van der Waals surface area contributed by atoms with Gasteiger partial charge in [-0.2, -0.15) is 21.6 Å². The average Bonchev–Trinajstić information content (AvgIpc) is 2.52. The average molecular weight is 355 g/mol. The molecule has 2 aromatic carbocycles. The van der Waals surface area contributed by atoms with E-state index in [2.05, 4.69) is 0 Å². The maximum absolute atomic E-state index is 12.5. The Labute approximate surface area is 136 Å². The summed E-state index contributed by atoms with van der Waals surface area (Å²) < 4.78 is 61.2. The molecule has 0 saturated heterocycles. The number of nitrogens with one attached hydrogen (secondary N) is 1. The molecular formula is C16H12F3NO3S. The first-order valence-electron chi connectivity index (χ1n) is 6.66. The molecule has 8 heteroatoms. The van der Waals surface area contributed by atoms with Crippen LogP contribution in [0, 0.1) is 0 Å². The van der Waals surface area contributed by atoms with Crippen molar-refractivity contribution in [1.82, 2.24) is 0 Å². The fourth-order valence-electron chi connectivity index (χ4n) is 1.82. The van der Waals surface area contributed by atoms with Gasteiger partial charge < -0.3 is 0 Å². The summed E-state index contributed by atoms with van der Waals surface area (Å²) in [4.78, 5) is 12.2. The van der Waals surface area contributed by atoms with Crippen molar-refractivity contribution in [2.75, 3.05) is 4.72 Å². The van der Waals surface area contributed by atoms with E-state index in [1.54, 1.807) is 30.3 Å². The number of alkyl halides is 3. The Bertz CT molecular complexity index is 860. The number of allylic oxidation sites excluding steroid dienone is 1. The zero-order chi connectivity index (χ0) is 17.8. The van der Waals surface area contributed by atoms with Crippen LogP contribution in [0.25, 0.3) is 6.08 Å². The maximum atomic E-state index is 12.5. The molecule has 24 heavy (non-hydrogen) atoms. The summed E-state index contributed by atoms with van der Waals surface area (Å²) in [7, 11) is -5.60. The summed E-state index contributed by atoms with van der Waals surface area (Å²) in [6, 6.07) is 13.9. The van der Waals surface area contributed by atoms with Crippen LogP contribution in [0.3, 0.4) is 0 Å². The van der Waals surface area contributed by atoms with Gasteiger partial charge in [-0.1, -0.05) is 48.5 Å². The zero-order valence-electron chi connectivity index (χ0n) is 12.1. The molecule has 0 amide bonds. The van der Waals surface area contributed by atoms with Crippen LogP contribution in [0.1, 0.15) is 15.9 Å². The molecule has 0 saturated carbocycles. The van der Waals surface area contributed by atoms with E-state index in [0.717, 1.165) is 17.7 Å². The molecule has 126 valence electrons. The third-order valence-electron chi connectivity index (χ3n) is 2.97. The highest BCUT2D eigenvalue weighted by atomic mass is 32.2. The van der Waals surface area contributed by atoms with Crippen molar-refractivity contribution in [1.29, 1.82) is 0 Å². The molecule has 1 N–H and O–H groups in total. The predicted molar refractivity (Wildman–Crippen MR) is 84.8 cm³/mol. The fraction of sp³-hybridized carbons (Fsp3) is 0.0625. The monoisotopic (exact) mass is 355 g/mol. The Kier molecular flexibility index (Phi) is 5.08. The summed E-state index contributed by atoms with van der Waals surface area (Å²) in [6.45, 7) is 0. The van der Waals surface area contributed by atoms with E-state index in [4.69, 9.17) is 0 Å². The molecule has 2 aromatic rings. The molecule has 0 spiro atoms. The Hall–Kier alpha value is -2.61. The van der Waals surface area contributed by atoms with E-state index >= 15 is 0 Å². The molecule has 0 heterocycles. The Morgan fingerprint density at radius 3 is 2.17 bits per heavy atom. The number of rotatable bonds is 5. The van der Waals surface area contributed by atoms with Crippen molar-refractivity contribution in [2.45, 2.75) is 5.51 Å². The van der Waals surface area contributed by atoms with Gasteiger partial charge in [0.2, 0.25) is 0 Å². The van der Waals surface area contributed by atoms with Crippen LogP contribution < -0.4 is 4.72 Å². The fourth-order valence-corrected chi connectivity index (χ4v) is 2.40. The first kappa shape index (κ1) is 17.7. The van der Waals surface area contributed by atoms with Crippen LogP contribution in [0.4, 0.5) is 18.9 Å². The zero-order valence-corrected chi connectivity index (χ0v) is 12.9. The molecule has 0 aliphatic rings. The van der Waals surface area contributed by atoms with E-state index < -0.39 is 27.0 Å². The van der Waals surface area contributed by atoms with E-state index in [0.29, 0.717) is 0 Å². The van der Waals surface area contributed by atoms with Gasteiger partial charge >= 0.3 is 15.5 Å². The Morgan fingerprint density at radius 1 is 0.958 bits per heavy atom. The molecule has 0 aliphatic carbocycles. The topological polar surface area (TPSA) is 63.2 Å². The van der Waals surface area contributed by atoms with E-state index in [9.17, 15) is 26.4 Å². The molecule has 0 fully saturated rings. The first-order valence-corrected chi connectivity index (χ1v) is 8.14. The van der Waals surface area contributed by atoms with Crippen LogP contribution in [0.15, 0.2) is 60.7 Å². The molecule has 0 bridgehead atoms. The van der Waals surface area contributed by atoms with Crippen LogP contribution in [-0.4, -0.2) is 19.7 Å². The van der Waals surface area contributed by atoms with Crippen LogP contribution in [-0.2, 0) is 10.0 Å². The minimum atomic E-state index is -5.60. The van der Waals surface area contributed by atoms with Gasteiger partial charge in [-0.15, -0.1) is 0 Å².